The number of hydrogen-bond acceptors (Lipinski definition) is 5. The van der Waals surface area contributed by atoms with Crippen molar-refractivity contribution in [2.24, 2.45) is 0 Å². The Morgan fingerprint density at radius 2 is 1.78 bits per heavy atom. The molecule has 3 amide bonds. The second kappa shape index (κ2) is 11.4. The van der Waals surface area contributed by atoms with Crippen LogP contribution in [0.25, 0.3) is 10.9 Å². The Morgan fingerprint density at radius 1 is 0.972 bits per heavy atom. The van der Waals surface area contributed by atoms with E-state index in [1.807, 2.05) is 37.3 Å². The van der Waals surface area contributed by atoms with Crippen molar-refractivity contribution in [1.29, 1.82) is 0 Å². The molecule has 0 bridgehead atoms. The standard InChI is InChI=1S/C27H25ClN4O4/c1-3-30-27(34)32-25-20(28)10-7-11-23(25)36-22-12-13-31-21-15-24(19(14-18(21)22)26(33)29-2)35-16-17-8-5-4-6-9-17/h4-15H,3,16H2,1-2H3,(H,29,33)(H2,30,32,34). The lowest BCUT2D eigenvalue weighted by Gasteiger charge is -2.16. The first kappa shape index (κ1) is 24.8. The van der Waals surface area contributed by atoms with Crippen molar-refractivity contribution < 1.29 is 19.1 Å². The third kappa shape index (κ3) is 5.67. The van der Waals surface area contributed by atoms with Crippen LogP contribution < -0.4 is 25.4 Å². The molecule has 9 heteroatoms. The van der Waals surface area contributed by atoms with E-state index in [1.165, 1.54) is 0 Å². The van der Waals surface area contributed by atoms with E-state index in [0.717, 1.165) is 5.56 Å². The Kier molecular flexibility index (Phi) is 7.87. The fourth-order valence-electron chi connectivity index (χ4n) is 3.55. The highest BCUT2D eigenvalue weighted by Gasteiger charge is 2.18. The Labute approximate surface area is 213 Å². The molecule has 4 aromatic rings. The Morgan fingerprint density at radius 3 is 2.53 bits per heavy atom. The first-order valence-corrected chi connectivity index (χ1v) is 11.7. The van der Waals surface area contributed by atoms with Crippen LogP contribution in [-0.2, 0) is 6.61 Å². The zero-order valence-corrected chi connectivity index (χ0v) is 20.6. The van der Waals surface area contributed by atoms with Gasteiger partial charge in [-0.3, -0.25) is 9.78 Å². The van der Waals surface area contributed by atoms with Gasteiger partial charge in [-0.25, -0.2) is 4.79 Å². The molecule has 0 atom stereocenters. The summed E-state index contributed by atoms with van der Waals surface area (Å²) in [4.78, 5) is 29.3. The lowest BCUT2D eigenvalue weighted by atomic mass is 10.1. The number of nitrogens with zero attached hydrogens (tertiary/aromatic N) is 1. The third-order valence-corrected chi connectivity index (χ3v) is 5.60. The summed E-state index contributed by atoms with van der Waals surface area (Å²) in [6, 6.07) is 19.4. The smallest absolute Gasteiger partial charge is 0.319 e. The largest absolute Gasteiger partial charge is 0.488 e. The molecule has 0 saturated heterocycles. The Bertz CT molecular complexity index is 1400. The zero-order valence-electron chi connectivity index (χ0n) is 19.8. The van der Waals surface area contributed by atoms with Crippen LogP contribution in [0.4, 0.5) is 10.5 Å². The second-order valence-electron chi connectivity index (χ2n) is 7.73. The molecule has 1 heterocycles. The molecule has 8 nitrogen and oxygen atoms in total. The van der Waals surface area contributed by atoms with E-state index >= 15 is 0 Å². The fraction of sp³-hybridized carbons (Fsp3) is 0.148. The molecule has 0 saturated carbocycles. The van der Waals surface area contributed by atoms with E-state index in [-0.39, 0.29) is 5.91 Å². The highest BCUT2D eigenvalue weighted by Crippen LogP contribution is 2.38. The molecule has 0 radical (unpaired) electrons. The molecule has 0 aliphatic heterocycles. The van der Waals surface area contributed by atoms with Gasteiger partial charge in [0, 0.05) is 31.2 Å². The van der Waals surface area contributed by atoms with Crippen molar-refractivity contribution in [2.45, 2.75) is 13.5 Å². The topological polar surface area (TPSA) is 102 Å². The molecule has 0 aliphatic rings. The third-order valence-electron chi connectivity index (χ3n) is 5.28. The highest BCUT2D eigenvalue weighted by atomic mass is 35.5. The molecule has 0 unspecified atom stereocenters. The first-order chi connectivity index (χ1) is 17.5. The Balaban J connectivity index is 1.72. The number of urea groups is 1. The molecule has 1 aromatic heterocycles. The van der Waals surface area contributed by atoms with Crippen molar-refractivity contribution >= 4 is 40.1 Å². The monoisotopic (exact) mass is 504 g/mol. The minimum Gasteiger partial charge on any atom is -0.488 e. The molecule has 0 fully saturated rings. The summed E-state index contributed by atoms with van der Waals surface area (Å²) in [7, 11) is 1.55. The van der Waals surface area contributed by atoms with Crippen LogP contribution in [0.2, 0.25) is 5.02 Å². The van der Waals surface area contributed by atoms with Gasteiger partial charge in [0.1, 0.15) is 23.8 Å². The lowest BCUT2D eigenvalue weighted by molar-refractivity contribution is 0.0958. The maximum atomic E-state index is 12.7. The quantitative estimate of drug-likeness (QED) is 0.283. The molecular weight excluding hydrogens is 480 g/mol. The number of hydrogen-bond donors (Lipinski definition) is 3. The van der Waals surface area contributed by atoms with Crippen LogP contribution in [0.5, 0.6) is 17.2 Å². The summed E-state index contributed by atoms with van der Waals surface area (Å²) in [5.74, 6) is 0.862. The van der Waals surface area contributed by atoms with Gasteiger partial charge in [-0.15, -0.1) is 0 Å². The SMILES string of the molecule is CCNC(=O)Nc1c(Cl)cccc1Oc1ccnc2cc(OCc3ccccc3)c(C(=O)NC)cc12. The van der Waals surface area contributed by atoms with Gasteiger partial charge in [-0.05, 0) is 36.8 Å². The average Bonchev–Trinajstić information content (AvgIpc) is 2.89. The summed E-state index contributed by atoms with van der Waals surface area (Å²) < 4.78 is 12.2. The normalized spacial score (nSPS) is 10.5. The number of halogens is 1. The summed E-state index contributed by atoms with van der Waals surface area (Å²) in [6.07, 6.45) is 1.60. The predicted octanol–water partition coefficient (Wildman–Crippen LogP) is 5.76. The van der Waals surface area contributed by atoms with Gasteiger partial charge < -0.3 is 25.4 Å². The number of rotatable bonds is 8. The first-order valence-electron chi connectivity index (χ1n) is 11.3. The molecule has 184 valence electrons. The van der Waals surface area contributed by atoms with Crippen LogP contribution in [0.1, 0.15) is 22.8 Å². The van der Waals surface area contributed by atoms with E-state index in [2.05, 4.69) is 20.9 Å². The van der Waals surface area contributed by atoms with Crippen molar-refractivity contribution in [3.63, 3.8) is 0 Å². The number of nitrogens with one attached hydrogen (secondary N) is 3. The van der Waals surface area contributed by atoms with Gasteiger partial charge in [-0.2, -0.15) is 0 Å². The van der Waals surface area contributed by atoms with Gasteiger partial charge in [0.05, 0.1) is 16.1 Å². The van der Waals surface area contributed by atoms with Crippen molar-refractivity contribution in [1.82, 2.24) is 15.6 Å². The second-order valence-corrected chi connectivity index (χ2v) is 8.13. The van der Waals surface area contributed by atoms with Crippen LogP contribution in [-0.4, -0.2) is 30.5 Å². The zero-order chi connectivity index (χ0) is 25.5. The van der Waals surface area contributed by atoms with E-state index in [4.69, 9.17) is 21.1 Å². The number of aromatic nitrogens is 1. The minimum atomic E-state index is -0.405. The van der Waals surface area contributed by atoms with Gasteiger partial charge >= 0.3 is 6.03 Å². The fourth-order valence-corrected chi connectivity index (χ4v) is 3.76. The van der Waals surface area contributed by atoms with Gasteiger partial charge in [0.2, 0.25) is 0 Å². The summed E-state index contributed by atoms with van der Waals surface area (Å²) in [6.45, 7) is 2.57. The number of benzene rings is 3. The molecule has 0 spiro atoms. The van der Waals surface area contributed by atoms with Crippen LogP contribution in [0.15, 0.2) is 72.9 Å². The Hall–Kier alpha value is -4.30. The highest BCUT2D eigenvalue weighted by molar-refractivity contribution is 6.34. The van der Waals surface area contributed by atoms with Crippen molar-refractivity contribution in [2.75, 3.05) is 18.9 Å². The van der Waals surface area contributed by atoms with Crippen molar-refractivity contribution in [3.8, 4) is 17.2 Å². The van der Waals surface area contributed by atoms with E-state index in [1.54, 1.807) is 49.6 Å². The molecule has 4 rings (SSSR count). The molecule has 0 aliphatic carbocycles. The van der Waals surface area contributed by atoms with Crippen LogP contribution in [0.3, 0.4) is 0 Å². The lowest BCUT2D eigenvalue weighted by Crippen LogP contribution is -2.28. The predicted molar refractivity (Wildman–Crippen MR) is 140 cm³/mol. The molecule has 36 heavy (non-hydrogen) atoms. The minimum absolute atomic E-state index is 0.296. The number of para-hydroxylation sites is 1. The van der Waals surface area contributed by atoms with Crippen molar-refractivity contribution in [3.05, 3.63) is 89.1 Å². The van der Waals surface area contributed by atoms with E-state index in [9.17, 15) is 9.59 Å². The van der Waals surface area contributed by atoms with Crippen LogP contribution in [0, 0.1) is 0 Å². The number of carbonyl (C=O) groups is 2. The van der Waals surface area contributed by atoms with Gasteiger partial charge in [0.25, 0.3) is 5.91 Å². The van der Waals surface area contributed by atoms with Crippen LogP contribution >= 0.6 is 11.6 Å². The summed E-state index contributed by atoms with van der Waals surface area (Å²) in [5.41, 5.74) is 2.21. The summed E-state index contributed by atoms with van der Waals surface area (Å²) in [5, 5.41) is 8.95. The number of carbonyl (C=O) groups excluding carboxylic acids is 2. The number of fused-ring (bicyclic) bond motifs is 1. The maximum absolute atomic E-state index is 12.7. The molecule has 3 N–H and O–H groups in total. The number of anilines is 1. The van der Waals surface area contributed by atoms with E-state index in [0.29, 0.717) is 57.6 Å². The van der Waals surface area contributed by atoms with Gasteiger partial charge in [-0.1, -0.05) is 48.0 Å². The van der Waals surface area contributed by atoms with Gasteiger partial charge in [0.15, 0.2) is 5.75 Å². The number of ether oxygens (including phenoxy) is 2. The number of amides is 3. The van der Waals surface area contributed by atoms with E-state index < -0.39 is 6.03 Å². The summed E-state index contributed by atoms with van der Waals surface area (Å²) >= 11 is 6.35. The average molecular weight is 505 g/mol. The maximum Gasteiger partial charge on any atom is 0.319 e. The molecule has 3 aromatic carbocycles. The number of pyridine rings is 1. The molecular formula is C27H25ClN4O4.